The van der Waals surface area contributed by atoms with Crippen LogP contribution in [0.3, 0.4) is 0 Å². The molecule has 1 atom stereocenters. The molecule has 158 valence electrons. The quantitative estimate of drug-likeness (QED) is 0.641. The Morgan fingerprint density at radius 1 is 1.21 bits per heavy atom. The van der Waals surface area contributed by atoms with Crippen LogP contribution in [0.1, 0.15) is 50.7 Å². The van der Waals surface area contributed by atoms with Gasteiger partial charge in [-0.05, 0) is 58.7 Å². The lowest BCUT2D eigenvalue weighted by Crippen LogP contribution is -2.42. The lowest BCUT2D eigenvalue weighted by molar-refractivity contribution is 0.0382. The predicted molar refractivity (Wildman–Crippen MR) is 114 cm³/mol. The normalized spacial score (nSPS) is 20.2. The van der Waals surface area contributed by atoms with E-state index in [1.165, 1.54) is 5.56 Å². The van der Waals surface area contributed by atoms with E-state index in [1.54, 1.807) is 19.4 Å². The molecule has 6 heteroatoms. The summed E-state index contributed by atoms with van der Waals surface area (Å²) in [6.45, 7) is 12.2. The third-order valence-corrected chi connectivity index (χ3v) is 6.23. The molecule has 0 aliphatic carbocycles. The maximum Gasteiger partial charge on any atom is 0.216 e. The number of aryl methyl sites for hydroxylation is 2. The Morgan fingerprint density at radius 3 is 2.72 bits per heavy atom. The van der Waals surface area contributed by atoms with Gasteiger partial charge in [0.25, 0.3) is 0 Å². The number of pyridine rings is 1. The molecular weight excluding hydrogens is 364 g/mol. The van der Waals surface area contributed by atoms with Crippen molar-refractivity contribution in [3.63, 3.8) is 0 Å². The van der Waals surface area contributed by atoms with Crippen molar-refractivity contribution in [2.24, 2.45) is 5.41 Å². The predicted octanol–water partition coefficient (Wildman–Crippen LogP) is 3.79. The minimum Gasteiger partial charge on any atom is -0.481 e. The number of nitrogens with zero attached hydrogens (tertiary/aromatic N) is 4. The number of likely N-dealkylation sites (tertiary alicyclic amines) is 1. The first kappa shape index (κ1) is 21.7. The summed E-state index contributed by atoms with van der Waals surface area (Å²) in [5.74, 6) is 1.45. The van der Waals surface area contributed by atoms with Crippen LogP contribution in [0.25, 0.3) is 0 Å². The van der Waals surface area contributed by atoms with Gasteiger partial charge in [0.15, 0.2) is 0 Å². The molecule has 3 heterocycles. The Kier molecular flexibility index (Phi) is 6.85. The lowest BCUT2D eigenvalue weighted by atomic mass is 9.82. The molecule has 0 saturated carbocycles. The van der Waals surface area contributed by atoms with E-state index in [4.69, 9.17) is 9.47 Å². The molecule has 2 aromatic rings. The summed E-state index contributed by atoms with van der Waals surface area (Å²) in [6, 6.07) is 6.09. The van der Waals surface area contributed by atoms with Gasteiger partial charge in [-0.3, -0.25) is 9.88 Å². The van der Waals surface area contributed by atoms with Crippen LogP contribution in [0, 0.1) is 12.3 Å². The minimum atomic E-state index is -0.0683. The highest BCUT2D eigenvalue weighted by molar-refractivity contribution is 5.22. The Morgan fingerprint density at radius 2 is 2.03 bits per heavy atom. The maximum atomic E-state index is 5.93. The largest absolute Gasteiger partial charge is 0.481 e. The summed E-state index contributed by atoms with van der Waals surface area (Å²) in [5.41, 5.74) is 2.35. The van der Waals surface area contributed by atoms with Crippen molar-refractivity contribution in [1.29, 1.82) is 0 Å². The molecule has 0 amide bonds. The molecule has 1 aliphatic rings. The first-order chi connectivity index (χ1) is 13.9. The van der Waals surface area contributed by atoms with Gasteiger partial charge in [-0.1, -0.05) is 6.07 Å². The van der Waals surface area contributed by atoms with Crippen LogP contribution in [-0.2, 0) is 16.7 Å². The highest BCUT2D eigenvalue weighted by atomic mass is 16.5. The summed E-state index contributed by atoms with van der Waals surface area (Å²) in [5, 5.41) is 0. The van der Waals surface area contributed by atoms with Crippen molar-refractivity contribution in [2.75, 3.05) is 33.4 Å². The van der Waals surface area contributed by atoms with Crippen LogP contribution >= 0.6 is 0 Å². The van der Waals surface area contributed by atoms with Gasteiger partial charge in [0.1, 0.15) is 5.82 Å². The van der Waals surface area contributed by atoms with E-state index in [2.05, 4.69) is 52.8 Å². The fourth-order valence-corrected chi connectivity index (χ4v) is 4.13. The fourth-order valence-electron chi connectivity index (χ4n) is 4.13. The van der Waals surface area contributed by atoms with Crippen LogP contribution in [0.4, 0.5) is 0 Å². The molecule has 3 rings (SSSR count). The molecule has 0 aromatic carbocycles. The van der Waals surface area contributed by atoms with Gasteiger partial charge >= 0.3 is 0 Å². The van der Waals surface area contributed by atoms with Gasteiger partial charge in [0.05, 0.1) is 13.7 Å². The summed E-state index contributed by atoms with van der Waals surface area (Å²) in [7, 11) is 1.64. The zero-order valence-electron chi connectivity index (χ0n) is 18.4. The van der Waals surface area contributed by atoms with Gasteiger partial charge in [0.2, 0.25) is 5.88 Å². The van der Waals surface area contributed by atoms with Crippen LogP contribution in [0.2, 0.25) is 0 Å². The van der Waals surface area contributed by atoms with Crippen molar-refractivity contribution in [1.82, 2.24) is 19.9 Å². The summed E-state index contributed by atoms with van der Waals surface area (Å²) in [4.78, 5) is 16.0. The number of ether oxygens (including phenoxy) is 2. The fraction of sp³-hybridized carbons (Fsp3) is 0.609. The standard InChI is InChI=1S/C23H34N4O2/c1-6-29-17-23(11-9-20-24-13-10-21(26-20)28-5)12-14-27(16-23)22(3,4)19-8-7-18(2)25-15-19/h7-8,10,13,15H,6,9,11-12,14,16-17H2,1-5H3/t23-/m1/s1. The molecule has 1 saturated heterocycles. The first-order valence-corrected chi connectivity index (χ1v) is 10.5. The molecule has 0 unspecified atom stereocenters. The third kappa shape index (κ3) is 5.11. The van der Waals surface area contributed by atoms with E-state index in [-0.39, 0.29) is 11.0 Å². The number of hydrogen-bond donors (Lipinski definition) is 0. The van der Waals surface area contributed by atoms with Crippen molar-refractivity contribution < 1.29 is 9.47 Å². The van der Waals surface area contributed by atoms with Gasteiger partial charge in [-0.15, -0.1) is 0 Å². The maximum absolute atomic E-state index is 5.93. The van der Waals surface area contributed by atoms with Gasteiger partial charge < -0.3 is 9.47 Å². The molecular formula is C23H34N4O2. The second kappa shape index (κ2) is 9.18. The van der Waals surface area contributed by atoms with E-state index < -0.39 is 0 Å². The molecule has 6 nitrogen and oxygen atoms in total. The summed E-state index contributed by atoms with van der Waals surface area (Å²) in [6.07, 6.45) is 6.72. The van der Waals surface area contributed by atoms with Gasteiger partial charge in [0, 0.05) is 54.7 Å². The van der Waals surface area contributed by atoms with Crippen LogP contribution < -0.4 is 4.74 Å². The van der Waals surface area contributed by atoms with Crippen molar-refractivity contribution in [3.8, 4) is 5.88 Å². The minimum absolute atomic E-state index is 0.0683. The van der Waals surface area contributed by atoms with Crippen LogP contribution in [-0.4, -0.2) is 53.3 Å². The summed E-state index contributed by atoms with van der Waals surface area (Å²) >= 11 is 0. The highest BCUT2D eigenvalue weighted by Crippen LogP contribution is 2.41. The monoisotopic (exact) mass is 398 g/mol. The van der Waals surface area contributed by atoms with Crippen molar-refractivity contribution in [3.05, 3.63) is 47.7 Å². The Labute approximate surface area is 174 Å². The van der Waals surface area contributed by atoms with E-state index in [1.807, 2.05) is 13.1 Å². The smallest absolute Gasteiger partial charge is 0.216 e. The van der Waals surface area contributed by atoms with E-state index in [0.717, 1.165) is 57.1 Å². The van der Waals surface area contributed by atoms with Crippen molar-refractivity contribution in [2.45, 2.75) is 52.5 Å². The van der Waals surface area contributed by atoms with Crippen molar-refractivity contribution >= 4 is 0 Å². The zero-order chi connectivity index (χ0) is 20.9. The van der Waals surface area contributed by atoms with Gasteiger partial charge in [-0.2, -0.15) is 4.98 Å². The lowest BCUT2D eigenvalue weighted by Gasteiger charge is -2.38. The number of hydrogen-bond acceptors (Lipinski definition) is 6. The zero-order valence-corrected chi connectivity index (χ0v) is 18.4. The molecule has 1 fully saturated rings. The van der Waals surface area contributed by atoms with E-state index in [0.29, 0.717) is 5.88 Å². The Hall–Kier alpha value is -2.05. The molecule has 1 aliphatic heterocycles. The first-order valence-electron chi connectivity index (χ1n) is 10.5. The van der Waals surface area contributed by atoms with E-state index >= 15 is 0 Å². The van der Waals surface area contributed by atoms with Crippen LogP contribution in [0.15, 0.2) is 30.6 Å². The third-order valence-electron chi connectivity index (χ3n) is 6.23. The SMILES string of the molecule is CCOC[C@]1(CCc2nccc(OC)n2)CCN(C(C)(C)c2ccc(C)nc2)C1. The average Bonchev–Trinajstić information content (AvgIpc) is 3.17. The molecule has 29 heavy (non-hydrogen) atoms. The van der Waals surface area contributed by atoms with Crippen LogP contribution in [0.5, 0.6) is 5.88 Å². The summed E-state index contributed by atoms with van der Waals surface area (Å²) < 4.78 is 11.2. The van der Waals surface area contributed by atoms with Gasteiger partial charge in [-0.25, -0.2) is 4.98 Å². The highest BCUT2D eigenvalue weighted by Gasteiger charge is 2.43. The topological polar surface area (TPSA) is 60.4 Å². The second-order valence-electron chi connectivity index (χ2n) is 8.57. The number of rotatable bonds is 9. The number of methoxy groups -OCH3 is 1. The van der Waals surface area contributed by atoms with E-state index in [9.17, 15) is 0 Å². The molecule has 0 bridgehead atoms. The molecule has 0 N–H and O–H groups in total. The second-order valence-corrected chi connectivity index (χ2v) is 8.57. The Bertz CT molecular complexity index is 794. The number of aromatic nitrogens is 3. The molecule has 0 radical (unpaired) electrons. The molecule has 0 spiro atoms. The Balaban J connectivity index is 1.73. The average molecular weight is 399 g/mol. The molecule has 2 aromatic heterocycles.